The quantitative estimate of drug-likeness (QED) is 0.437. The van der Waals surface area contributed by atoms with Crippen LogP contribution >= 0.6 is 22.6 Å². The summed E-state index contributed by atoms with van der Waals surface area (Å²) >= 11 is 2.12. The summed E-state index contributed by atoms with van der Waals surface area (Å²) in [5, 5.41) is 0. The molecule has 0 aliphatic heterocycles. The monoisotopic (exact) mass is 256 g/mol. The van der Waals surface area contributed by atoms with Gasteiger partial charge in [-0.3, -0.25) is 4.79 Å². The molecule has 0 rings (SSSR count). The largest absolute Gasteiger partial charge is 0.468 e. The maximum atomic E-state index is 10.8. The van der Waals surface area contributed by atoms with E-state index in [1.807, 2.05) is 0 Å². The van der Waals surface area contributed by atoms with Crippen molar-refractivity contribution in [1.29, 1.82) is 0 Å². The van der Waals surface area contributed by atoms with Crippen LogP contribution in [0.5, 0.6) is 0 Å². The summed E-state index contributed by atoms with van der Waals surface area (Å²) in [6.07, 6.45) is 3.17. The zero-order valence-electron chi connectivity index (χ0n) is 6.39. The molecule has 0 saturated heterocycles. The molecule has 0 amide bonds. The van der Waals surface area contributed by atoms with Crippen molar-refractivity contribution in [2.24, 2.45) is 0 Å². The Morgan fingerprint density at radius 1 is 1.70 bits per heavy atom. The van der Waals surface area contributed by atoms with Gasteiger partial charge in [-0.1, -0.05) is 42.4 Å². The molecule has 0 heterocycles. The SMILES string of the molecule is CCCCC(I)C(=O)OC. The smallest absolute Gasteiger partial charge is 0.318 e. The van der Waals surface area contributed by atoms with Crippen LogP contribution in [-0.2, 0) is 9.53 Å². The first-order chi connectivity index (χ1) is 4.72. The summed E-state index contributed by atoms with van der Waals surface area (Å²) in [5.74, 6) is -0.103. The maximum Gasteiger partial charge on any atom is 0.318 e. The molecule has 0 spiro atoms. The van der Waals surface area contributed by atoms with E-state index in [0.717, 1.165) is 19.3 Å². The van der Waals surface area contributed by atoms with Gasteiger partial charge in [0.2, 0.25) is 0 Å². The van der Waals surface area contributed by atoms with Crippen molar-refractivity contribution in [3.05, 3.63) is 0 Å². The third-order valence-electron chi connectivity index (χ3n) is 1.27. The topological polar surface area (TPSA) is 26.3 Å². The van der Waals surface area contributed by atoms with Crippen molar-refractivity contribution in [2.75, 3.05) is 7.11 Å². The number of unbranched alkanes of at least 4 members (excludes halogenated alkanes) is 1. The van der Waals surface area contributed by atoms with Gasteiger partial charge in [-0.05, 0) is 6.42 Å². The Kier molecular flexibility index (Phi) is 6.06. The number of ether oxygens (including phenoxy) is 1. The lowest BCUT2D eigenvalue weighted by Crippen LogP contribution is -2.14. The second-order valence-electron chi connectivity index (χ2n) is 2.13. The van der Waals surface area contributed by atoms with Crippen LogP contribution in [0.25, 0.3) is 0 Å². The molecule has 3 heteroatoms. The molecule has 1 unspecified atom stereocenters. The van der Waals surface area contributed by atoms with Gasteiger partial charge >= 0.3 is 5.97 Å². The van der Waals surface area contributed by atoms with Crippen LogP contribution in [0.15, 0.2) is 0 Å². The van der Waals surface area contributed by atoms with Gasteiger partial charge < -0.3 is 4.74 Å². The Balaban J connectivity index is 3.41. The highest BCUT2D eigenvalue weighted by Crippen LogP contribution is 2.11. The number of hydrogen-bond acceptors (Lipinski definition) is 2. The van der Waals surface area contributed by atoms with Crippen molar-refractivity contribution in [3.8, 4) is 0 Å². The number of methoxy groups -OCH3 is 1. The van der Waals surface area contributed by atoms with Crippen LogP contribution in [0.1, 0.15) is 26.2 Å². The maximum absolute atomic E-state index is 10.8. The Morgan fingerprint density at radius 3 is 2.70 bits per heavy atom. The van der Waals surface area contributed by atoms with Crippen LogP contribution in [0.4, 0.5) is 0 Å². The number of alkyl halides is 1. The fraction of sp³-hybridized carbons (Fsp3) is 0.857. The van der Waals surface area contributed by atoms with E-state index in [0.29, 0.717) is 0 Å². The minimum Gasteiger partial charge on any atom is -0.468 e. The molecule has 2 nitrogen and oxygen atoms in total. The van der Waals surface area contributed by atoms with E-state index >= 15 is 0 Å². The standard InChI is InChI=1S/C7H13IO2/c1-3-4-5-6(8)7(9)10-2/h6H,3-5H2,1-2H3. The third kappa shape index (κ3) is 4.09. The Labute approximate surface area is 75.5 Å². The lowest BCUT2D eigenvalue weighted by atomic mass is 10.2. The van der Waals surface area contributed by atoms with Gasteiger partial charge in [-0.25, -0.2) is 0 Å². The molecule has 0 aliphatic rings. The normalized spacial score (nSPS) is 12.7. The number of halogens is 1. The minimum atomic E-state index is -0.103. The third-order valence-corrected chi connectivity index (χ3v) is 2.40. The predicted octanol–water partition coefficient (Wildman–Crippen LogP) is 2.15. The van der Waals surface area contributed by atoms with Crippen LogP contribution in [-0.4, -0.2) is 17.0 Å². The highest BCUT2D eigenvalue weighted by atomic mass is 127. The summed E-state index contributed by atoms with van der Waals surface area (Å²) in [6, 6.07) is 0. The van der Waals surface area contributed by atoms with Crippen LogP contribution in [0.3, 0.4) is 0 Å². The van der Waals surface area contributed by atoms with E-state index in [1.165, 1.54) is 7.11 Å². The zero-order chi connectivity index (χ0) is 7.98. The molecule has 0 radical (unpaired) electrons. The zero-order valence-corrected chi connectivity index (χ0v) is 8.55. The van der Waals surface area contributed by atoms with Gasteiger partial charge in [-0.15, -0.1) is 0 Å². The number of hydrogen-bond donors (Lipinski definition) is 0. The molecule has 10 heavy (non-hydrogen) atoms. The average molecular weight is 256 g/mol. The Bertz CT molecular complexity index is 104. The van der Waals surface area contributed by atoms with Gasteiger partial charge in [-0.2, -0.15) is 0 Å². The first-order valence-electron chi connectivity index (χ1n) is 3.44. The molecular formula is C7H13IO2. The molecule has 0 aromatic rings. The molecule has 0 aliphatic carbocycles. The second-order valence-corrected chi connectivity index (χ2v) is 3.64. The van der Waals surface area contributed by atoms with Crippen molar-refractivity contribution in [1.82, 2.24) is 0 Å². The van der Waals surface area contributed by atoms with Crippen molar-refractivity contribution >= 4 is 28.6 Å². The summed E-state index contributed by atoms with van der Waals surface area (Å²) in [4.78, 5) is 10.8. The summed E-state index contributed by atoms with van der Waals surface area (Å²) in [6.45, 7) is 2.11. The van der Waals surface area contributed by atoms with Crippen LogP contribution < -0.4 is 0 Å². The van der Waals surface area contributed by atoms with E-state index in [2.05, 4.69) is 34.3 Å². The predicted molar refractivity (Wildman–Crippen MR) is 49.3 cm³/mol. The van der Waals surface area contributed by atoms with Gasteiger partial charge in [0.25, 0.3) is 0 Å². The van der Waals surface area contributed by atoms with Gasteiger partial charge in [0.15, 0.2) is 0 Å². The average Bonchev–Trinajstić information content (AvgIpc) is 1.98. The molecule has 0 N–H and O–H groups in total. The van der Waals surface area contributed by atoms with Crippen molar-refractivity contribution in [2.45, 2.75) is 30.1 Å². The van der Waals surface area contributed by atoms with E-state index < -0.39 is 0 Å². The highest BCUT2D eigenvalue weighted by molar-refractivity contribution is 14.1. The van der Waals surface area contributed by atoms with E-state index in [9.17, 15) is 4.79 Å². The molecule has 60 valence electrons. The lowest BCUT2D eigenvalue weighted by Gasteiger charge is -2.04. The molecule has 0 saturated carbocycles. The fourth-order valence-corrected chi connectivity index (χ4v) is 1.32. The van der Waals surface area contributed by atoms with E-state index in [-0.39, 0.29) is 9.89 Å². The summed E-state index contributed by atoms with van der Waals surface area (Å²) < 4.78 is 4.61. The highest BCUT2D eigenvalue weighted by Gasteiger charge is 2.12. The fourth-order valence-electron chi connectivity index (χ4n) is 0.629. The molecule has 0 aromatic carbocycles. The minimum absolute atomic E-state index is 0.0440. The first-order valence-corrected chi connectivity index (χ1v) is 4.68. The van der Waals surface area contributed by atoms with Crippen molar-refractivity contribution in [3.63, 3.8) is 0 Å². The molecule has 0 bridgehead atoms. The summed E-state index contributed by atoms with van der Waals surface area (Å²) in [7, 11) is 1.43. The Morgan fingerprint density at radius 2 is 2.30 bits per heavy atom. The first kappa shape index (κ1) is 10.2. The molecule has 0 aromatic heterocycles. The van der Waals surface area contributed by atoms with Gasteiger partial charge in [0.05, 0.1) is 7.11 Å². The van der Waals surface area contributed by atoms with Crippen LogP contribution in [0, 0.1) is 0 Å². The number of esters is 1. The van der Waals surface area contributed by atoms with Gasteiger partial charge in [0.1, 0.15) is 3.92 Å². The molecule has 1 atom stereocenters. The molecular weight excluding hydrogens is 243 g/mol. The van der Waals surface area contributed by atoms with Gasteiger partial charge in [0, 0.05) is 0 Å². The van der Waals surface area contributed by atoms with E-state index in [1.54, 1.807) is 0 Å². The number of carbonyl (C=O) groups is 1. The number of rotatable bonds is 4. The number of carbonyl (C=O) groups excluding carboxylic acids is 1. The lowest BCUT2D eigenvalue weighted by molar-refractivity contribution is -0.139. The summed E-state index contributed by atoms with van der Waals surface area (Å²) in [5.41, 5.74) is 0. The second kappa shape index (κ2) is 5.95. The van der Waals surface area contributed by atoms with Crippen LogP contribution in [0.2, 0.25) is 0 Å². The van der Waals surface area contributed by atoms with Crippen molar-refractivity contribution < 1.29 is 9.53 Å². The van der Waals surface area contributed by atoms with E-state index in [4.69, 9.17) is 0 Å². The molecule has 0 fully saturated rings. The Hall–Kier alpha value is 0.200.